The first-order valence-corrected chi connectivity index (χ1v) is 11.6. The molecule has 0 aliphatic carbocycles. The predicted octanol–water partition coefficient (Wildman–Crippen LogP) is -0.454. The van der Waals surface area contributed by atoms with Gasteiger partial charge in [-0.05, 0) is 12.8 Å². The van der Waals surface area contributed by atoms with Crippen molar-refractivity contribution >= 4 is 41.4 Å². The van der Waals surface area contributed by atoms with Gasteiger partial charge in [-0.1, -0.05) is 0 Å². The fourth-order valence-electron chi connectivity index (χ4n) is 3.83. The van der Waals surface area contributed by atoms with Gasteiger partial charge in [0.15, 0.2) is 0 Å². The molecule has 1 aromatic rings. The molecule has 14 nitrogen and oxygen atoms in total. The molecule has 0 unspecified atom stereocenters. The van der Waals surface area contributed by atoms with Crippen LogP contribution in [0.25, 0.3) is 0 Å². The van der Waals surface area contributed by atoms with Gasteiger partial charge in [-0.3, -0.25) is 14.6 Å². The summed E-state index contributed by atoms with van der Waals surface area (Å²) in [6, 6.07) is 2.13. The Balaban J connectivity index is 1.65. The molecule has 3 heterocycles. The van der Waals surface area contributed by atoms with Crippen molar-refractivity contribution < 1.29 is 24.5 Å². The number of carbonyl (C=O) groups is 2. The number of piperidine rings is 1. The number of nitrogens with zero attached hydrogens (tertiary/aromatic N) is 6. The van der Waals surface area contributed by atoms with E-state index in [-0.39, 0.29) is 25.6 Å². The summed E-state index contributed by atoms with van der Waals surface area (Å²) in [7, 11) is 0. The Labute approximate surface area is 203 Å². The number of likely N-dealkylation sites (tertiary alicyclic amines) is 1. The van der Waals surface area contributed by atoms with Gasteiger partial charge in [0.2, 0.25) is 5.95 Å². The normalized spacial score (nSPS) is 18.1. The number of aromatic nitrogens is 2. The number of carboxylic acid groups (broad SMARTS) is 2. The van der Waals surface area contributed by atoms with Gasteiger partial charge in [-0.15, -0.1) is 0 Å². The van der Waals surface area contributed by atoms with Crippen LogP contribution in [-0.4, -0.2) is 114 Å². The maximum Gasteiger partial charge on any atom is 0.325 e. The number of carboxylic acids is 2. The molecule has 0 spiro atoms. The molecular weight excluding hydrogens is 458 g/mol. The third-order valence-electron chi connectivity index (χ3n) is 5.69. The molecule has 0 aromatic carbocycles. The van der Waals surface area contributed by atoms with Crippen molar-refractivity contribution in [2.24, 2.45) is 15.9 Å². The SMILES string of the molecule is NN=C(C=NCC(=O)O)CNc1nc(NC2CCN(CCC(=O)O)CC2)cc(N2CCOCC2)n1. The van der Waals surface area contributed by atoms with Gasteiger partial charge in [0.25, 0.3) is 0 Å². The summed E-state index contributed by atoms with van der Waals surface area (Å²) in [4.78, 5) is 38.8. The van der Waals surface area contributed by atoms with Crippen molar-refractivity contribution in [1.82, 2.24) is 14.9 Å². The summed E-state index contributed by atoms with van der Waals surface area (Å²) in [6.07, 6.45) is 3.22. The molecule has 1 aromatic heterocycles. The first-order chi connectivity index (χ1) is 16.9. The largest absolute Gasteiger partial charge is 0.481 e. The number of aliphatic carboxylic acids is 2. The minimum Gasteiger partial charge on any atom is -0.481 e. The van der Waals surface area contributed by atoms with Gasteiger partial charge in [0, 0.05) is 51.0 Å². The lowest BCUT2D eigenvalue weighted by molar-refractivity contribution is -0.137. The van der Waals surface area contributed by atoms with Crippen LogP contribution in [0.4, 0.5) is 17.6 Å². The minimum absolute atomic E-state index is 0.150. The van der Waals surface area contributed by atoms with E-state index in [1.54, 1.807) is 0 Å². The van der Waals surface area contributed by atoms with E-state index in [4.69, 9.17) is 20.8 Å². The molecule has 0 amide bonds. The van der Waals surface area contributed by atoms with Crippen LogP contribution in [0.1, 0.15) is 19.3 Å². The molecule has 2 aliphatic rings. The van der Waals surface area contributed by atoms with Crippen molar-refractivity contribution in [3.05, 3.63) is 6.07 Å². The summed E-state index contributed by atoms with van der Waals surface area (Å²) in [5.74, 6) is 5.39. The van der Waals surface area contributed by atoms with E-state index >= 15 is 0 Å². The highest BCUT2D eigenvalue weighted by molar-refractivity contribution is 6.32. The van der Waals surface area contributed by atoms with Gasteiger partial charge in [-0.2, -0.15) is 15.1 Å². The Morgan fingerprint density at radius 3 is 2.57 bits per heavy atom. The third-order valence-corrected chi connectivity index (χ3v) is 5.69. The van der Waals surface area contributed by atoms with Crippen molar-refractivity contribution in [3.8, 4) is 0 Å². The van der Waals surface area contributed by atoms with Gasteiger partial charge in [0.1, 0.15) is 18.2 Å². The maximum atomic E-state index is 10.8. The predicted molar refractivity (Wildman–Crippen MR) is 132 cm³/mol. The zero-order valence-corrected chi connectivity index (χ0v) is 19.6. The average molecular weight is 492 g/mol. The second-order valence-electron chi connectivity index (χ2n) is 8.28. The number of hydrogen-bond donors (Lipinski definition) is 5. The fourth-order valence-corrected chi connectivity index (χ4v) is 3.83. The molecule has 192 valence electrons. The second kappa shape index (κ2) is 13.4. The quantitative estimate of drug-likeness (QED) is 0.144. The molecule has 14 heteroatoms. The molecule has 2 fully saturated rings. The molecule has 2 aliphatic heterocycles. The Bertz CT molecular complexity index is 912. The van der Waals surface area contributed by atoms with E-state index in [1.807, 2.05) is 6.07 Å². The number of morpholine rings is 1. The summed E-state index contributed by atoms with van der Waals surface area (Å²) in [5, 5.41) is 27.8. The highest BCUT2D eigenvalue weighted by Gasteiger charge is 2.21. The lowest BCUT2D eigenvalue weighted by Crippen LogP contribution is -2.40. The summed E-state index contributed by atoms with van der Waals surface area (Å²) < 4.78 is 5.45. The lowest BCUT2D eigenvalue weighted by atomic mass is 10.0. The van der Waals surface area contributed by atoms with Gasteiger partial charge >= 0.3 is 11.9 Å². The molecule has 35 heavy (non-hydrogen) atoms. The first kappa shape index (κ1) is 26.1. The van der Waals surface area contributed by atoms with E-state index in [0.29, 0.717) is 37.2 Å². The molecule has 0 atom stereocenters. The highest BCUT2D eigenvalue weighted by atomic mass is 16.5. The number of ether oxygens (including phenoxy) is 1. The van der Waals surface area contributed by atoms with Crippen molar-refractivity contribution in [1.29, 1.82) is 0 Å². The lowest BCUT2D eigenvalue weighted by Gasteiger charge is -2.32. The third kappa shape index (κ3) is 8.98. The first-order valence-electron chi connectivity index (χ1n) is 11.6. The van der Waals surface area contributed by atoms with Crippen LogP contribution < -0.4 is 21.4 Å². The van der Waals surface area contributed by atoms with Crippen LogP contribution in [0, 0.1) is 0 Å². The van der Waals surface area contributed by atoms with Gasteiger partial charge in [0.05, 0.1) is 31.9 Å². The summed E-state index contributed by atoms with van der Waals surface area (Å²) >= 11 is 0. The zero-order chi connectivity index (χ0) is 25.0. The number of hydrogen-bond acceptors (Lipinski definition) is 12. The van der Waals surface area contributed by atoms with Crippen molar-refractivity contribution in [2.45, 2.75) is 25.3 Å². The van der Waals surface area contributed by atoms with E-state index < -0.39 is 11.9 Å². The molecule has 0 radical (unpaired) electrons. The fraction of sp³-hybridized carbons (Fsp3) is 0.619. The van der Waals surface area contributed by atoms with E-state index in [9.17, 15) is 9.59 Å². The molecule has 2 saturated heterocycles. The van der Waals surface area contributed by atoms with Gasteiger partial charge in [-0.25, -0.2) is 0 Å². The van der Waals surface area contributed by atoms with E-state index in [1.165, 1.54) is 6.21 Å². The number of anilines is 3. The molecule has 6 N–H and O–H groups in total. The van der Waals surface area contributed by atoms with Crippen LogP contribution in [0.3, 0.4) is 0 Å². The zero-order valence-electron chi connectivity index (χ0n) is 19.6. The Morgan fingerprint density at radius 2 is 1.91 bits per heavy atom. The number of rotatable bonds is 12. The van der Waals surface area contributed by atoms with Crippen LogP contribution in [0.2, 0.25) is 0 Å². The number of nitrogens with two attached hydrogens (primary N) is 1. The van der Waals surface area contributed by atoms with Crippen molar-refractivity contribution in [2.75, 3.05) is 74.6 Å². The minimum atomic E-state index is -1.05. The number of hydrazone groups is 1. The standard InChI is InChI=1S/C21H33N9O5/c22-28-16(12-23-14-20(33)34)13-24-21-26-17(11-18(27-21)30-7-9-35-10-8-30)25-15-1-4-29(5-2-15)6-3-19(31)32/h11-12,15H,1-10,13-14,22H2,(H,31,32)(H,33,34)(H2,24,25,26,27). The Hall–Kier alpha value is -3.52. The monoisotopic (exact) mass is 491 g/mol. The van der Waals surface area contributed by atoms with Crippen LogP contribution in [-0.2, 0) is 14.3 Å². The number of nitrogens with one attached hydrogen (secondary N) is 2. The summed E-state index contributed by atoms with van der Waals surface area (Å²) in [5.41, 5.74) is 0.356. The van der Waals surface area contributed by atoms with Gasteiger partial charge < -0.3 is 41.2 Å². The molecular formula is C21H33N9O5. The van der Waals surface area contributed by atoms with Crippen LogP contribution in [0.15, 0.2) is 16.2 Å². The smallest absolute Gasteiger partial charge is 0.325 e. The average Bonchev–Trinajstić information content (AvgIpc) is 2.86. The van der Waals surface area contributed by atoms with Crippen molar-refractivity contribution in [3.63, 3.8) is 0 Å². The second-order valence-corrected chi connectivity index (χ2v) is 8.28. The Kier molecular flexibility index (Phi) is 9.98. The topological polar surface area (TPSA) is 191 Å². The Morgan fingerprint density at radius 1 is 1.17 bits per heavy atom. The van der Waals surface area contributed by atoms with E-state index in [2.05, 4.69) is 40.5 Å². The van der Waals surface area contributed by atoms with Crippen LogP contribution in [0.5, 0.6) is 0 Å². The highest BCUT2D eigenvalue weighted by Crippen LogP contribution is 2.22. The maximum absolute atomic E-state index is 10.8. The van der Waals surface area contributed by atoms with Crippen LogP contribution >= 0.6 is 0 Å². The molecule has 3 rings (SSSR count). The summed E-state index contributed by atoms with van der Waals surface area (Å²) in [6.45, 7) is 4.68. The molecule has 0 bridgehead atoms. The molecule has 0 saturated carbocycles. The van der Waals surface area contributed by atoms with E-state index in [0.717, 1.165) is 44.8 Å². The number of aliphatic imine (C=N–C) groups is 1.